The van der Waals surface area contributed by atoms with Crippen molar-refractivity contribution in [2.75, 3.05) is 20.4 Å². The lowest BCUT2D eigenvalue weighted by Gasteiger charge is -2.17. The van der Waals surface area contributed by atoms with Gasteiger partial charge in [0.05, 0.1) is 17.2 Å². The smallest absolute Gasteiger partial charge is 0.333 e. The summed E-state index contributed by atoms with van der Waals surface area (Å²) in [6, 6.07) is 5.34. The molecule has 0 bridgehead atoms. The molecule has 0 fully saturated rings. The van der Waals surface area contributed by atoms with E-state index < -0.39 is 18.6 Å². The Morgan fingerprint density at radius 3 is 2.22 bits per heavy atom. The average Bonchev–Trinajstić information content (AvgIpc) is 2.38. The van der Waals surface area contributed by atoms with Gasteiger partial charge in [-0.15, -0.1) is 0 Å². The number of hydrogen-bond acceptors (Lipinski definition) is 6. The van der Waals surface area contributed by atoms with Gasteiger partial charge < -0.3 is 14.2 Å². The van der Waals surface area contributed by atoms with Crippen LogP contribution >= 0.6 is 7.60 Å². The molecule has 0 aliphatic rings. The molecule has 0 saturated heterocycles. The maximum Gasteiger partial charge on any atom is 0.333 e. The minimum Gasteiger partial charge on any atom is -0.388 e. The molecule has 8 heteroatoms. The molecule has 1 aromatic carbocycles. The lowest BCUT2D eigenvalue weighted by molar-refractivity contribution is -0.384. The summed E-state index contributed by atoms with van der Waals surface area (Å²) < 4.78 is 21.2. The molecular weight excluding hydrogens is 261 g/mol. The van der Waals surface area contributed by atoms with E-state index in [-0.39, 0.29) is 11.8 Å². The molecule has 1 N–H and O–H groups in total. The quantitative estimate of drug-likeness (QED) is 0.485. The van der Waals surface area contributed by atoms with Gasteiger partial charge in [0.2, 0.25) is 0 Å². The van der Waals surface area contributed by atoms with Crippen LogP contribution in [0.4, 0.5) is 5.69 Å². The third-order valence-electron chi connectivity index (χ3n) is 2.44. The Morgan fingerprint density at radius 2 is 1.83 bits per heavy atom. The van der Waals surface area contributed by atoms with E-state index in [4.69, 9.17) is 9.05 Å². The standard InChI is InChI=1S/C10H14NO6P/c1-16-18(15,17-2)7-10(12)8-3-5-9(6-4-8)11(13)14/h3-6,10,12H,7H2,1-2H3/t10-/m0/s1. The Hall–Kier alpha value is -1.27. The SMILES string of the molecule is COP(=O)(C[C@H](O)c1ccc([N+](=O)[O-])cc1)OC. The third-order valence-corrected chi connectivity index (χ3v) is 4.35. The molecule has 100 valence electrons. The molecule has 1 aromatic rings. The normalized spacial score (nSPS) is 13.3. The van der Waals surface area contributed by atoms with Gasteiger partial charge >= 0.3 is 7.60 Å². The highest BCUT2D eigenvalue weighted by Gasteiger charge is 2.26. The minimum atomic E-state index is -3.32. The fourth-order valence-electron chi connectivity index (χ4n) is 1.36. The molecule has 1 atom stereocenters. The van der Waals surface area contributed by atoms with E-state index in [1.54, 1.807) is 0 Å². The highest BCUT2D eigenvalue weighted by atomic mass is 31.2. The summed E-state index contributed by atoms with van der Waals surface area (Å²) in [5.41, 5.74) is 0.336. The lowest BCUT2D eigenvalue weighted by atomic mass is 10.1. The van der Waals surface area contributed by atoms with Gasteiger partial charge in [0.25, 0.3) is 5.69 Å². The first kappa shape index (κ1) is 14.8. The first-order chi connectivity index (χ1) is 8.41. The van der Waals surface area contributed by atoms with Crippen LogP contribution in [-0.2, 0) is 13.6 Å². The van der Waals surface area contributed by atoms with E-state index >= 15 is 0 Å². The molecule has 0 heterocycles. The van der Waals surface area contributed by atoms with Gasteiger partial charge in [-0.1, -0.05) is 0 Å². The number of non-ortho nitro benzene ring substituents is 1. The first-order valence-corrected chi connectivity index (χ1v) is 6.77. The number of benzene rings is 1. The van der Waals surface area contributed by atoms with Gasteiger partial charge in [-0.25, -0.2) is 0 Å². The van der Waals surface area contributed by atoms with Crippen molar-refractivity contribution in [2.24, 2.45) is 0 Å². The topological polar surface area (TPSA) is 98.9 Å². The summed E-state index contributed by atoms with van der Waals surface area (Å²) >= 11 is 0. The van der Waals surface area contributed by atoms with Crippen LogP contribution < -0.4 is 0 Å². The fraction of sp³-hybridized carbons (Fsp3) is 0.400. The number of aliphatic hydroxyl groups is 1. The molecule has 18 heavy (non-hydrogen) atoms. The Bertz CT molecular complexity index is 452. The molecule has 0 aliphatic heterocycles. The minimum absolute atomic E-state index is 0.0763. The predicted molar refractivity (Wildman–Crippen MR) is 64.5 cm³/mol. The largest absolute Gasteiger partial charge is 0.388 e. The molecule has 0 amide bonds. The summed E-state index contributed by atoms with van der Waals surface area (Å²) in [6.07, 6.45) is -1.28. The predicted octanol–water partition coefficient (Wildman–Crippen LogP) is 2.11. The third kappa shape index (κ3) is 3.61. The van der Waals surface area contributed by atoms with E-state index in [0.717, 1.165) is 0 Å². The van der Waals surface area contributed by atoms with Crippen LogP contribution in [0.3, 0.4) is 0 Å². The van der Waals surface area contributed by atoms with Crippen molar-refractivity contribution in [3.8, 4) is 0 Å². The lowest BCUT2D eigenvalue weighted by Crippen LogP contribution is -2.06. The van der Waals surface area contributed by atoms with Crippen molar-refractivity contribution in [2.45, 2.75) is 6.10 Å². The molecular formula is C10H14NO6P. The first-order valence-electron chi connectivity index (χ1n) is 5.05. The second kappa shape index (κ2) is 6.06. The zero-order chi connectivity index (χ0) is 13.8. The van der Waals surface area contributed by atoms with Crippen molar-refractivity contribution in [3.05, 3.63) is 39.9 Å². The zero-order valence-corrected chi connectivity index (χ0v) is 10.9. The molecule has 0 radical (unpaired) electrons. The van der Waals surface area contributed by atoms with Gasteiger partial charge in [0.15, 0.2) is 0 Å². The Balaban J connectivity index is 2.81. The second-order valence-corrected chi connectivity index (χ2v) is 5.84. The molecule has 0 aliphatic carbocycles. The van der Waals surface area contributed by atoms with Crippen molar-refractivity contribution < 1.29 is 23.6 Å². The van der Waals surface area contributed by atoms with Crippen LogP contribution in [0.2, 0.25) is 0 Å². The van der Waals surface area contributed by atoms with E-state index in [9.17, 15) is 19.8 Å². The number of nitrogens with zero attached hydrogens (tertiary/aromatic N) is 1. The van der Waals surface area contributed by atoms with Gasteiger partial charge in [-0.05, 0) is 17.7 Å². The van der Waals surface area contributed by atoms with Crippen LogP contribution in [0.25, 0.3) is 0 Å². The van der Waals surface area contributed by atoms with Gasteiger partial charge in [-0.3, -0.25) is 14.7 Å². The summed E-state index contributed by atoms with van der Waals surface area (Å²) in [5.74, 6) is 0. The molecule has 0 aromatic heterocycles. The average molecular weight is 275 g/mol. The van der Waals surface area contributed by atoms with Crippen LogP contribution in [0.5, 0.6) is 0 Å². The van der Waals surface area contributed by atoms with Crippen molar-refractivity contribution in [3.63, 3.8) is 0 Å². The summed E-state index contributed by atoms with van der Waals surface area (Å²) in [6.45, 7) is 0. The van der Waals surface area contributed by atoms with Crippen molar-refractivity contribution >= 4 is 13.3 Å². The van der Waals surface area contributed by atoms with E-state index in [2.05, 4.69) is 0 Å². The maximum absolute atomic E-state index is 11.8. The monoisotopic (exact) mass is 275 g/mol. The number of aliphatic hydroxyl groups excluding tert-OH is 1. The van der Waals surface area contributed by atoms with E-state index in [0.29, 0.717) is 5.56 Å². The highest BCUT2D eigenvalue weighted by molar-refractivity contribution is 7.53. The fourth-order valence-corrected chi connectivity index (χ4v) is 2.44. The van der Waals surface area contributed by atoms with Crippen LogP contribution in [0.1, 0.15) is 11.7 Å². The van der Waals surface area contributed by atoms with Crippen LogP contribution in [0.15, 0.2) is 24.3 Å². The van der Waals surface area contributed by atoms with E-state index in [1.165, 1.54) is 38.5 Å². The van der Waals surface area contributed by atoms with Crippen molar-refractivity contribution in [1.29, 1.82) is 0 Å². The number of hydrogen-bond donors (Lipinski definition) is 1. The molecule has 0 unspecified atom stereocenters. The number of nitro benzene ring substituents is 1. The molecule has 0 spiro atoms. The van der Waals surface area contributed by atoms with Gasteiger partial charge in [0, 0.05) is 26.4 Å². The highest BCUT2D eigenvalue weighted by Crippen LogP contribution is 2.49. The van der Waals surface area contributed by atoms with Gasteiger partial charge in [-0.2, -0.15) is 0 Å². The Labute approximate surface area is 104 Å². The zero-order valence-electron chi connectivity index (χ0n) is 9.98. The summed E-state index contributed by atoms with van der Waals surface area (Å²) in [5, 5.41) is 20.3. The Kier molecular flexibility index (Phi) is 4.98. The van der Waals surface area contributed by atoms with Crippen LogP contribution in [-0.4, -0.2) is 30.4 Å². The van der Waals surface area contributed by atoms with Crippen LogP contribution in [0, 0.1) is 10.1 Å². The second-order valence-electron chi connectivity index (χ2n) is 3.52. The molecule has 7 nitrogen and oxygen atoms in total. The van der Waals surface area contributed by atoms with Gasteiger partial charge in [0.1, 0.15) is 0 Å². The van der Waals surface area contributed by atoms with Crippen molar-refractivity contribution in [1.82, 2.24) is 0 Å². The molecule has 1 rings (SSSR count). The number of nitro groups is 1. The number of rotatable bonds is 6. The van der Waals surface area contributed by atoms with E-state index in [1.807, 2.05) is 0 Å². The summed E-state index contributed by atoms with van der Waals surface area (Å²) in [4.78, 5) is 9.93. The molecule has 0 saturated carbocycles. The summed E-state index contributed by atoms with van der Waals surface area (Å²) in [7, 11) is -0.860. The Morgan fingerprint density at radius 1 is 1.33 bits per heavy atom. The maximum atomic E-state index is 11.8.